The molecule has 0 radical (unpaired) electrons. The Balaban J connectivity index is 1.39. The van der Waals surface area contributed by atoms with Crippen LogP contribution in [0.15, 0.2) is 61.2 Å². The number of hydrogen-bond donors (Lipinski definition) is 3. The maximum atomic E-state index is 4.93. The van der Waals surface area contributed by atoms with E-state index >= 15 is 0 Å². The summed E-state index contributed by atoms with van der Waals surface area (Å²) in [6.07, 6.45) is 7.45. The van der Waals surface area contributed by atoms with Gasteiger partial charge in [0.25, 0.3) is 0 Å². The van der Waals surface area contributed by atoms with Crippen molar-refractivity contribution < 1.29 is 0 Å². The van der Waals surface area contributed by atoms with Gasteiger partial charge in [0.15, 0.2) is 0 Å². The van der Waals surface area contributed by atoms with Crippen LogP contribution in [-0.4, -0.2) is 45.1 Å². The zero-order chi connectivity index (χ0) is 21.2. The Morgan fingerprint density at radius 1 is 1.03 bits per heavy atom. The van der Waals surface area contributed by atoms with Crippen molar-refractivity contribution in [2.45, 2.75) is 32.5 Å². The smallest absolute Gasteiger partial charge is 0.139 e. The van der Waals surface area contributed by atoms with E-state index < -0.39 is 0 Å². The average Bonchev–Trinajstić information content (AvgIpc) is 3.23. The van der Waals surface area contributed by atoms with Gasteiger partial charge >= 0.3 is 0 Å². The number of anilines is 2. The number of piperazine rings is 1. The molecule has 31 heavy (non-hydrogen) atoms. The van der Waals surface area contributed by atoms with Crippen LogP contribution in [0.3, 0.4) is 0 Å². The second kappa shape index (κ2) is 8.35. The number of rotatable bonds is 5. The zero-order valence-electron chi connectivity index (χ0n) is 17.8. The van der Waals surface area contributed by atoms with Gasteiger partial charge in [-0.2, -0.15) is 0 Å². The van der Waals surface area contributed by atoms with Crippen molar-refractivity contribution in [1.82, 2.24) is 25.3 Å². The maximum absolute atomic E-state index is 4.93. The molecule has 5 rings (SSSR count). The number of aromatic amines is 1. The lowest BCUT2D eigenvalue weighted by Crippen LogP contribution is -2.54. The first kappa shape index (κ1) is 19.5. The number of pyridine rings is 3. The van der Waals surface area contributed by atoms with Crippen LogP contribution in [0.4, 0.5) is 11.5 Å². The van der Waals surface area contributed by atoms with Crippen molar-refractivity contribution in [2.24, 2.45) is 0 Å². The van der Waals surface area contributed by atoms with Gasteiger partial charge in [-0.1, -0.05) is 6.07 Å². The van der Waals surface area contributed by atoms with E-state index in [2.05, 4.69) is 62.5 Å². The Bertz CT molecular complexity index is 1160. The molecule has 0 unspecified atom stereocenters. The molecule has 1 aliphatic heterocycles. The minimum Gasteiger partial charge on any atom is -0.379 e. The van der Waals surface area contributed by atoms with Gasteiger partial charge in [0.05, 0.1) is 12.2 Å². The van der Waals surface area contributed by atoms with E-state index in [-0.39, 0.29) is 0 Å². The van der Waals surface area contributed by atoms with E-state index in [1.165, 1.54) is 0 Å². The van der Waals surface area contributed by atoms with Crippen molar-refractivity contribution in [2.75, 3.05) is 23.3 Å². The molecule has 0 aliphatic carbocycles. The van der Waals surface area contributed by atoms with Crippen molar-refractivity contribution >= 4 is 22.5 Å². The monoisotopic (exact) mass is 413 g/mol. The highest BCUT2D eigenvalue weighted by Crippen LogP contribution is 2.32. The molecule has 0 amide bonds. The Morgan fingerprint density at radius 3 is 2.65 bits per heavy atom. The third-order valence-corrected chi connectivity index (χ3v) is 5.70. The Labute approximate surface area is 182 Å². The van der Waals surface area contributed by atoms with Gasteiger partial charge in [-0.15, -0.1) is 0 Å². The molecule has 0 saturated carbocycles. The first-order valence-electron chi connectivity index (χ1n) is 10.7. The number of nitrogens with zero attached hydrogens (tertiary/aromatic N) is 4. The van der Waals surface area contributed by atoms with Gasteiger partial charge in [-0.05, 0) is 49.7 Å². The summed E-state index contributed by atoms with van der Waals surface area (Å²) in [5, 5.41) is 8.24. The van der Waals surface area contributed by atoms with Crippen LogP contribution in [-0.2, 0) is 6.54 Å². The van der Waals surface area contributed by atoms with Crippen LogP contribution in [0.25, 0.3) is 22.2 Å². The van der Waals surface area contributed by atoms with Crippen LogP contribution >= 0.6 is 0 Å². The predicted octanol–water partition coefficient (Wildman–Crippen LogP) is 3.82. The van der Waals surface area contributed by atoms with Crippen LogP contribution in [0.1, 0.15) is 19.5 Å². The number of aromatic nitrogens is 4. The molecular weight excluding hydrogens is 386 g/mol. The highest BCUT2D eigenvalue weighted by atomic mass is 15.3. The quantitative estimate of drug-likeness (QED) is 0.461. The van der Waals surface area contributed by atoms with Gasteiger partial charge in [0.1, 0.15) is 11.5 Å². The van der Waals surface area contributed by atoms with Crippen LogP contribution < -0.4 is 15.5 Å². The molecule has 1 fully saturated rings. The maximum Gasteiger partial charge on any atom is 0.139 e. The number of H-pyrrole nitrogens is 1. The van der Waals surface area contributed by atoms with E-state index in [1.807, 2.05) is 43.0 Å². The Morgan fingerprint density at radius 2 is 1.84 bits per heavy atom. The van der Waals surface area contributed by atoms with Crippen molar-refractivity contribution in [1.29, 1.82) is 0 Å². The van der Waals surface area contributed by atoms with Crippen LogP contribution in [0.2, 0.25) is 0 Å². The third-order valence-electron chi connectivity index (χ3n) is 5.70. The molecule has 3 N–H and O–H groups in total. The third kappa shape index (κ3) is 4.09. The molecular formula is C24H27N7. The topological polar surface area (TPSA) is 81.8 Å². The molecule has 7 heteroatoms. The highest BCUT2D eigenvalue weighted by Gasteiger charge is 2.22. The van der Waals surface area contributed by atoms with Crippen molar-refractivity contribution in [3.8, 4) is 11.1 Å². The van der Waals surface area contributed by atoms with E-state index in [4.69, 9.17) is 4.98 Å². The van der Waals surface area contributed by atoms with E-state index in [9.17, 15) is 0 Å². The fourth-order valence-corrected chi connectivity index (χ4v) is 4.40. The van der Waals surface area contributed by atoms with Gasteiger partial charge < -0.3 is 20.5 Å². The number of nitrogens with one attached hydrogen (secondary N) is 3. The SMILES string of the molecule is C[C@@H]1CN(c2cccc(CNc3ccnc4[nH]cc(-c5ccncc5)c34)n2)C[C@H](C)N1. The molecule has 5 heterocycles. The lowest BCUT2D eigenvalue weighted by atomic mass is 10.1. The molecule has 4 aromatic heterocycles. The molecule has 1 aliphatic rings. The van der Waals surface area contributed by atoms with Crippen LogP contribution in [0.5, 0.6) is 0 Å². The normalized spacial score (nSPS) is 19.0. The van der Waals surface area contributed by atoms with Crippen molar-refractivity contribution in [3.05, 3.63) is 66.9 Å². The summed E-state index contributed by atoms with van der Waals surface area (Å²) in [4.78, 5) is 19.2. The van der Waals surface area contributed by atoms with E-state index in [1.54, 1.807) is 0 Å². The summed E-state index contributed by atoms with van der Waals surface area (Å²) in [6.45, 7) is 7.03. The minimum atomic E-state index is 0.456. The molecule has 0 aromatic carbocycles. The lowest BCUT2D eigenvalue weighted by Gasteiger charge is -2.37. The molecule has 7 nitrogen and oxygen atoms in total. The van der Waals surface area contributed by atoms with Crippen molar-refractivity contribution in [3.63, 3.8) is 0 Å². The number of hydrogen-bond acceptors (Lipinski definition) is 6. The fraction of sp³-hybridized carbons (Fsp3) is 0.292. The minimum absolute atomic E-state index is 0.456. The highest BCUT2D eigenvalue weighted by molar-refractivity contribution is 6.02. The summed E-state index contributed by atoms with van der Waals surface area (Å²) in [5.74, 6) is 1.04. The van der Waals surface area contributed by atoms with Crippen LogP contribution in [0, 0.1) is 0 Å². The average molecular weight is 414 g/mol. The van der Waals surface area contributed by atoms with E-state index in [0.29, 0.717) is 18.6 Å². The predicted molar refractivity (Wildman–Crippen MR) is 125 cm³/mol. The molecule has 158 valence electrons. The summed E-state index contributed by atoms with van der Waals surface area (Å²) >= 11 is 0. The lowest BCUT2D eigenvalue weighted by molar-refractivity contribution is 0.405. The van der Waals surface area contributed by atoms with Gasteiger partial charge in [-0.25, -0.2) is 9.97 Å². The zero-order valence-corrected chi connectivity index (χ0v) is 17.8. The molecule has 1 saturated heterocycles. The standard InChI is InChI=1S/C24H27N7/c1-16-14-31(15-17(2)29-16)22-5-3-4-19(30-22)12-27-21-8-11-26-24-23(21)20(13-28-24)18-6-9-25-10-7-18/h3-11,13,16-17,29H,12,14-15H2,1-2H3,(H2,26,27,28)/t16-,17+. The summed E-state index contributed by atoms with van der Waals surface area (Å²) in [5.41, 5.74) is 5.14. The summed E-state index contributed by atoms with van der Waals surface area (Å²) < 4.78 is 0. The first-order chi connectivity index (χ1) is 15.2. The fourth-order valence-electron chi connectivity index (χ4n) is 4.40. The second-order valence-corrected chi connectivity index (χ2v) is 8.23. The largest absolute Gasteiger partial charge is 0.379 e. The summed E-state index contributed by atoms with van der Waals surface area (Å²) in [6, 6.07) is 13.2. The van der Waals surface area contributed by atoms with Gasteiger partial charge in [0.2, 0.25) is 0 Å². The van der Waals surface area contributed by atoms with Gasteiger partial charge in [0, 0.05) is 66.6 Å². The molecule has 0 bridgehead atoms. The second-order valence-electron chi connectivity index (χ2n) is 8.23. The Hall–Kier alpha value is -3.45. The molecule has 2 atom stereocenters. The van der Waals surface area contributed by atoms with E-state index in [0.717, 1.165) is 52.4 Å². The molecule has 0 spiro atoms. The number of fused-ring (bicyclic) bond motifs is 1. The Kier molecular flexibility index (Phi) is 5.26. The van der Waals surface area contributed by atoms with Gasteiger partial charge in [-0.3, -0.25) is 4.98 Å². The first-order valence-corrected chi connectivity index (χ1v) is 10.7. The summed E-state index contributed by atoms with van der Waals surface area (Å²) in [7, 11) is 0. The molecule has 4 aromatic rings.